The lowest BCUT2D eigenvalue weighted by Crippen LogP contribution is -2.29. The lowest BCUT2D eigenvalue weighted by molar-refractivity contribution is -0.131. The van der Waals surface area contributed by atoms with Gasteiger partial charge in [-0.25, -0.2) is 4.68 Å². The van der Waals surface area contributed by atoms with Crippen LogP contribution in [0, 0.1) is 0 Å². The van der Waals surface area contributed by atoms with Crippen molar-refractivity contribution in [2.45, 2.75) is 31.8 Å². The zero-order valence-corrected chi connectivity index (χ0v) is 14.6. The summed E-state index contributed by atoms with van der Waals surface area (Å²) in [6.07, 6.45) is 4.06. The summed E-state index contributed by atoms with van der Waals surface area (Å²) in [5.41, 5.74) is 0.993. The maximum absolute atomic E-state index is 12.3. The van der Waals surface area contributed by atoms with E-state index in [4.69, 9.17) is 11.6 Å². The molecule has 1 aliphatic rings. The van der Waals surface area contributed by atoms with E-state index in [2.05, 4.69) is 15.6 Å². The van der Waals surface area contributed by atoms with Gasteiger partial charge in [-0.2, -0.15) is 0 Å². The highest BCUT2D eigenvalue weighted by Crippen LogP contribution is 2.23. The molecule has 1 N–H and O–H groups in total. The van der Waals surface area contributed by atoms with E-state index < -0.39 is 0 Å². The summed E-state index contributed by atoms with van der Waals surface area (Å²) in [5, 5.41) is 11.7. The third-order valence-electron chi connectivity index (χ3n) is 4.06. The molecule has 0 aromatic carbocycles. The van der Waals surface area contributed by atoms with Crippen molar-refractivity contribution in [2.75, 3.05) is 20.1 Å². The minimum absolute atomic E-state index is 0.0104. The minimum Gasteiger partial charge on any atom is -0.339 e. The first kappa shape index (κ1) is 16.4. The van der Waals surface area contributed by atoms with Gasteiger partial charge in [-0.3, -0.25) is 4.79 Å². The van der Waals surface area contributed by atoms with Gasteiger partial charge in [-0.15, -0.1) is 16.4 Å². The fraction of sp³-hybridized carbons (Fsp3) is 0.533. The number of likely N-dealkylation sites (N-methyl/N-ethyl adjacent to an activating group) is 1. The lowest BCUT2D eigenvalue weighted by atomic mass is 9.95. The van der Waals surface area contributed by atoms with Gasteiger partial charge in [0.05, 0.1) is 16.6 Å². The monoisotopic (exact) mass is 353 g/mol. The number of nitrogens with zero attached hydrogens (tertiary/aromatic N) is 4. The van der Waals surface area contributed by atoms with Crippen LogP contribution < -0.4 is 5.32 Å². The third kappa shape index (κ3) is 4.31. The van der Waals surface area contributed by atoms with Gasteiger partial charge in [-0.05, 0) is 38.1 Å². The fourth-order valence-corrected chi connectivity index (χ4v) is 3.85. The van der Waals surface area contributed by atoms with Crippen molar-refractivity contribution >= 4 is 28.8 Å². The topological polar surface area (TPSA) is 63.1 Å². The zero-order valence-electron chi connectivity index (χ0n) is 13.0. The van der Waals surface area contributed by atoms with Gasteiger partial charge in [0.15, 0.2) is 0 Å². The Kier molecular flexibility index (Phi) is 5.30. The van der Waals surface area contributed by atoms with E-state index in [1.54, 1.807) is 16.6 Å². The molecular formula is C15H20ClN5OS. The highest BCUT2D eigenvalue weighted by atomic mass is 35.5. The highest BCUT2D eigenvalue weighted by Gasteiger charge is 2.19. The highest BCUT2D eigenvalue weighted by molar-refractivity contribution is 7.16. The lowest BCUT2D eigenvalue weighted by Gasteiger charge is -2.20. The number of nitrogens with one attached hydrogen (secondary N) is 1. The fourth-order valence-electron chi connectivity index (χ4n) is 2.71. The maximum atomic E-state index is 12.3. The molecule has 0 spiro atoms. The maximum Gasteiger partial charge on any atom is 0.244 e. The molecule has 1 amide bonds. The quantitative estimate of drug-likeness (QED) is 0.894. The summed E-state index contributed by atoms with van der Waals surface area (Å²) in [7, 11) is 1.79. The van der Waals surface area contributed by atoms with Gasteiger partial charge in [0.2, 0.25) is 5.91 Å². The van der Waals surface area contributed by atoms with Crippen LogP contribution in [0.1, 0.15) is 29.3 Å². The number of piperidine rings is 1. The second kappa shape index (κ2) is 7.42. The van der Waals surface area contributed by atoms with E-state index >= 15 is 0 Å². The second-order valence-corrected chi connectivity index (χ2v) is 7.62. The number of amides is 1. The van der Waals surface area contributed by atoms with Crippen molar-refractivity contribution < 1.29 is 4.79 Å². The average Bonchev–Trinajstić information content (AvgIpc) is 3.17. The predicted octanol–water partition coefficient (Wildman–Crippen LogP) is 2.12. The van der Waals surface area contributed by atoms with Crippen molar-refractivity contribution in [1.29, 1.82) is 0 Å². The van der Waals surface area contributed by atoms with Crippen molar-refractivity contribution in [3.63, 3.8) is 0 Å². The number of carbonyl (C=O) groups excluding carboxylic acids is 1. The Balaban J connectivity index is 1.55. The summed E-state index contributed by atoms with van der Waals surface area (Å²) >= 11 is 7.41. The molecule has 8 heteroatoms. The first-order valence-corrected chi connectivity index (χ1v) is 8.90. The van der Waals surface area contributed by atoms with Gasteiger partial charge in [0.1, 0.15) is 6.54 Å². The number of aromatic nitrogens is 3. The molecule has 3 rings (SSSR count). The number of hydrogen-bond acceptors (Lipinski definition) is 5. The number of hydrogen-bond donors (Lipinski definition) is 1. The van der Waals surface area contributed by atoms with Gasteiger partial charge in [0.25, 0.3) is 0 Å². The van der Waals surface area contributed by atoms with Crippen LogP contribution in [0.4, 0.5) is 0 Å². The first-order chi connectivity index (χ1) is 11.1. The van der Waals surface area contributed by atoms with Crippen molar-refractivity contribution in [1.82, 2.24) is 25.2 Å². The zero-order chi connectivity index (χ0) is 16.2. The molecular weight excluding hydrogens is 334 g/mol. The summed E-state index contributed by atoms with van der Waals surface area (Å²) in [4.78, 5) is 15.1. The van der Waals surface area contributed by atoms with Crippen molar-refractivity contribution in [2.24, 2.45) is 0 Å². The van der Waals surface area contributed by atoms with E-state index in [9.17, 15) is 4.79 Å². The van der Waals surface area contributed by atoms with Crippen LogP contribution in [0.3, 0.4) is 0 Å². The SMILES string of the molecule is CN(Cc1ccc(Cl)s1)C(=O)Cn1cc(C2CCNCC2)nn1. The third-order valence-corrected chi connectivity index (χ3v) is 5.27. The van der Waals surface area contributed by atoms with E-state index in [1.807, 2.05) is 18.3 Å². The standard InChI is InChI=1S/C15H20ClN5OS/c1-20(8-12-2-3-14(16)23-12)15(22)10-21-9-13(18-19-21)11-4-6-17-7-5-11/h2-3,9,11,17H,4-8,10H2,1H3. The Hall–Kier alpha value is -1.44. The number of rotatable bonds is 5. The molecule has 0 unspecified atom stereocenters. The Morgan fingerprint density at radius 3 is 2.96 bits per heavy atom. The largest absolute Gasteiger partial charge is 0.339 e. The molecule has 0 radical (unpaired) electrons. The molecule has 1 saturated heterocycles. The molecule has 23 heavy (non-hydrogen) atoms. The van der Waals surface area contributed by atoms with Crippen LogP contribution >= 0.6 is 22.9 Å². The van der Waals surface area contributed by atoms with Crippen LogP contribution in [0.2, 0.25) is 4.34 Å². The first-order valence-electron chi connectivity index (χ1n) is 7.71. The minimum atomic E-state index is 0.0104. The van der Waals surface area contributed by atoms with E-state index in [-0.39, 0.29) is 12.5 Å². The number of carbonyl (C=O) groups is 1. The van der Waals surface area contributed by atoms with Gasteiger partial charge in [0, 0.05) is 24.0 Å². The smallest absolute Gasteiger partial charge is 0.244 e. The van der Waals surface area contributed by atoms with Crippen LogP contribution in [-0.4, -0.2) is 45.9 Å². The number of halogens is 1. The molecule has 3 heterocycles. The van der Waals surface area contributed by atoms with Crippen LogP contribution in [0.15, 0.2) is 18.3 Å². The molecule has 6 nitrogen and oxygen atoms in total. The molecule has 0 aliphatic carbocycles. The predicted molar refractivity (Wildman–Crippen MR) is 90.7 cm³/mol. The molecule has 0 bridgehead atoms. The van der Waals surface area contributed by atoms with Crippen LogP contribution in [0.5, 0.6) is 0 Å². The van der Waals surface area contributed by atoms with Crippen LogP contribution in [-0.2, 0) is 17.9 Å². The average molecular weight is 354 g/mol. The number of thiophene rings is 1. The molecule has 0 atom stereocenters. The van der Waals surface area contributed by atoms with Gasteiger partial charge < -0.3 is 10.2 Å². The summed E-state index contributed by atoms with van der Waals surface area (Å²) < 4.78 is 2.38. The molecule has 0 saturated carbocycles. The summed E-state index contributed by atoms with van der Waals surface area (Å²) in [6, 6.07) is 3.80. The molecule has 124 valence electrons. The Morgan fingerprint density at radius 2 is 2.26 bits per heavy atom. The van der Waals surface area contributed by atoms with Crippen molar-refractivity contribution in [3.05, 3.63) is 33.2 Å². The molecule has 2 aromatic rings. The van der Waals surface area contributed by atoms with E-state index in [0.717, 1.165) is 40.8 Å². The van der Waals surface area contributed by atoms with E-state index in [1.165, 1.54) is 11.3 Å². The Morgan fingerprint density at radius 1 is 1.48 bits per heavy atom. The molecule has 2 aromatic heterocycles. The van der Waals surface area contributed by atoms with Gasteiger partial charge in [-0.1, -0.05) is 16.8 Å². The molecule has 1 fully saturated rings. The summed E-state index contributed by atoms with van der Waals surface area (Å²) in [5.74, 6) is 0.461. The van der Waals surface area contributed by atoms with Gasteiger partial charge >= 0.3 is 0 Å². The van der Waals surface area contributed by atoms with Crippen LogP contribution in [0.25, 0.3) is 0 Å². The second-order valence-electron chi connectivity index (χ2n) is 5.82. The van der Waals surface area contributed by atoms with E-state index in [0.29, 0.717) is 12.5 Å². The Bertz CT molecular complexity index is 664. The normalized spacial score (nSPS) is 15.7. The Labute approximate surface area is 144 Å². The summed E-state index contributed by atoms with van der Waals surface area (Å²) in [6.45, 7) is 2.81. The molecule has 1 aliphatic heterocycles. The van der Waals surface area contributed by atoms with Crippen molar-refractivity contribution in [3.8, 4) is 0 Å².